The van der Waals surface area contributed by atoms with Crippen LogP contribution in [0, 0.1) is 0 Å². The summed E-state index contributed by atoms with van der Waals surface area (Å²) in [4.78, 5) is 17.1. The highest BCUT2D eigenvalue weighted by Crippen LogP contribution is 2.25. The largest absolute Gasteiger partial charge is 0.492 e. The summed E-state index contributed by atoms with van der Waals surface area (Å²) in [7, 11) is 2.14. The predicted molar refractivity (Wildman–Crippen MR) is 122 cm³/mol. The van der Waals surface area contributed by atoms with Gasteiger partial charge in [-0.25, -0.2) is 0 Å². The number of hydrogen-bond donors (Lipinski definition) is 2. The van der Waals surface area contributed by atoms with Crippen molar-refractivity contribution in [2.24, 2.45) is 0 Å². The quantitative estimate of drug-likeness (QED) is 0.704. The van der Waals surface area contributed by atoms with E-state index < -0.39 is 0 Å². The second-order valence-electron chi connectivity index (χ2n) is 6.82. The van der Waals surface area contributed by atoms with Gasteiger partial charge in [0.2, 0.25) is 0 Å². The smallest absolute Gasteiger partial charge is 0.257 e. The van der Waals surface area contributed by atoms with Crippen molar-refractivity contribution in [3.63, 3.8) is 0 Å². The summed E-state index contributed by atoms with van der Waals surface area (Å²) < 4.78 is 5.38. The van der Waals surface area contributed by atoms with Crippen molar-refractivity contribution in [1.29, 1.82) is 0 Å². The molecule has 1 fully saturated rings. The summed E-state index contributed by atoms with van der Waals surface area (Å²) in [6, 6.07) is 12.9. The number of rotatable bonds is 5. The molecule has 1 saturated heterocycles. The molecule has 1 heterocycles. The van der Waals surface area contributed by atoms with E-state index in [1.807, 2.05) is 19.1 Å². The van der Waals surface area contributed by atoms with Gasteiger partial charge in [-0.1, -0.05) is 11.6 Å². The summed E-state index contributed by atoms with van der Waals surface area (Å²) in [5.41, 5.74) is 2.41. The van der Waals surface area contributed by atoms with Gasteiger partial charge in [0.05, 0.1) is 11.6 Å². The van der Waals surface area contributed by atoms with Crippen molar-refractivity contribution in [2.45, 2.75) is 6.92 Å². The number of amides is 1. The summed E-state index contributed by atoms with van der Waals surface area (Å²) in [6.07, 6.45) is 0. The molecule has 2 N–H and O–H groups in total. The van der Waals surface area contributed by atoms with Crippen molar-refractivity contribution in [3.8, 4) is 5.75 Å². The van der Waals surface area contributed by atoms with E-state index in [1.54, 1.807) is 18.2 Å². The average molecular weight is 433 g/mol. The molecule has 154 valence electrons. The fourth-order valence-corrected chi connectivity index (χ4v) is 3.52. The maximum atomic E-state index is 12.4. The number of nitrogens with zero attached hydrogens (tertiary/aromatic N) is 2. The third-order valence-electron chi connectivity index (χ3n) is 4.71. The fraction of sp³-hybridized carbons (Fsp3) is 0.333. The Morgan fingerprint density at radius 3 is 2.45 bits per heavy atom. The highest BCUT2D eigenvalue weighted by Gasteiger charge is 2.14. The van der Waals surface area contributed by atoms with Crippen molar-refractivity contribution >= 4 is 46.2 Å². The Kier molecular flexibility index (Phi) is 7.30. The molecule has 0 saturated carbocycles. The van der Waals surface area contributed by atoms with Crippen molar-refractivity contribution < 1.29 is 9.53 Å². The Morgan fingerprint density at radius 1 is 1.14 bits per heavy atom. The second kappa shape index (κ2) is 9.91. The van der Waals surface area contributed by atoms with Crippen LogP contribution in [0.25, 0.3) is 0 Å². The van der Waals surface area contributed by atoms with Crippen molar-refractivity contribution in [1.82, 2.24) is 10.2 Å². The number of hydrogen-bond acceptors (Lipinski definition) is 5. The summed E-state index contributed by atoms with van der Waals surface area (Å²) in [6.45, 7) is 6.54. The summed E-state index contributed by atoms with van der Waals surface area (Å²) >= 11 is 11.4. The molecule has 1 aliphatic heterocycles. The SMILES string of the molecule is CCOc1ccc(C(=O)NC(=S)Nc2ccc(N3CCN(C)CC3)cc2)cc1Cl. The molecule has 0 radical (unpaired) electrons. The van der Waals surface area contributed by atoms with Crippen LogP contribution in [0.5, 0.6) is 5.75 Å². The Bertz CT molecular complexity index is 867. The third kappa shape index (κ3) is 5.82. The van der Waals surface area contributed by atoms with Crippen molar-refractivity contribution in [3.05, 3.63) is 53.1 Å². The number of likely N-dealkylation sites (N-methyl/N-ethyl adjacent to an activating group) is 1. The number of halogens is 1. The lowest BCUT2D eigenvalue weighted by Crippen LogP contribution is -2.44. The average Bonchev–Trinajstić information content (AvgIpc) is 2.71. The Labute approximate surface area is 181 Å². The molecule has 1 amide bonds. The molecular weight excluding hydrogens is 408 g/mol. The first-order valence-corrected chi connectivity index (χ1v) is 10.3. The Balaban J connectivity index is 1.55. The zero-order chi connectivity index (χ0) is 20.8. The molecule has 2 aromatic rings. The maximum Gasteiger partial charge on any atom is 0.257 e. The second-order valence-corrected chi connectivity index (χ2v) is 7.64. The van der Waals surface area contributed by atoms with E-state index >= 15 is 0 Å². The highest BCUT2D eigenvalue weighted by atomic mass is 35.5. The highest BCUT2D eigenvalue weighted by molar-refractivity contribution is 7.80. The van der Waals surface area contributed by atoms with Crippen LogP contribution < -0.4 is 20.3 Å². The zero-order valence-electron chi connectivity index (χ0n) is 16.6. The monoisotopic (exact) mass is 432 g/mol. The lowest BCUT2D eigenvalue weighted by molar-refractivity contribution is 0.0977. The number of nitrogens with one attached hydrogen (secondary N) is 2. The Hall–Kier alpha value is -2.35. The molecule has 2 aromatic carbocycles. The third-order valence-corrected chi connectivity index (χ3v) is 5.21. The molecule has 0 bridgehead atoms. The van der Waals surface area contributed by atoms with Gasteiger partial charge in [-0.3, -0.25) is 10.1 Å². The van der Waals surface area contributed by atoms with Crippen LogP contribution in [0.2, 0.25) is 5.02 Å². The van der Waals surface area contributed by atoms with Gasteiger partial charge in [0.15, 0.2) is 5.11 Å². The molecule has 0 atom stereocenters. The molecular formula is C21H25ClN4O2S. The van der Waals surface area contributed by atoms with Crippen LogP contribution >= 0.6 is 23.8 Å². The van der Waals surface area contributed by atoms with Gasteiger partial charge in [0.25, 0.3) is 5.91 Å². The Morgan fingerprint density at radius 2 is 1.83 bits per heavy atom. The summed E-state index contributed by atoms with van der Waals surface area (Å²) in [5, 5.41) is 6.33. The van der Waals surface area contributed by atoms with Gasteiger partial charge in [0, 0.05) is 43.1 Å². The van der Waals surface area contributed by atoms with Crippen LogP contribution in [-0.4, -0.2) is 55.8 Å². The van der Waals surface area contributed by atoms with Crippen LogP contribution in [0.15, 0.2) is 42.5 Å². The molecule has 8 heteroatoms. The van der Waals surface area contributed by atoms with Gasteiger partial charge < -0.3 is 19.9 Å². The maximum absolute atomic E-state index is 12.4. The molecule has 0 aromatic heterocycles. The molecule has 0 spiro atoms. The first-order valence-electron chi connectivity index (χ1n) is 9.54. The van der Waals surface area contributed by atoms with Crippen LogP contribution in [-0.2, 0) is 0 Å². The van der Waals surface area contributed by atoms with Crippen molar-refractivity contribution in [2.75, 3.05) is 50.1 Å². The molecule has 0 unspecified atom stereocenters. The van der Waals surface area contributed by atoms with E-state index in [9.17, 15) is 4.79 Å². The van der Waals surface area contributed by atoms with Gasteiger partial charge >= 0.3 is 0 Å². The van der Waals surface area contributed by atoms with E-state index in [2.05, 4.69) is 39.6 Å². The van der Waals surface area contributed by atoms with Crippen LogP contribution in [0.3, 0.4) is 0 Å². The van der Waals surface area contributed by atoms with Crippen LogP contribution in [0.4, 0.5) is 11.4 Å². The van der Waals surface area contributed by atoms with Gasteiger partial charge in [-0.15, -0.1) is 0 Å². The van der Waals surface area contributed by atoms with Gasteiger partial charge in [0.1, 0.15) is 5.75 Å². The standard InChI is InChI=1S/C21H25ClN4O2S/c1-3-28-19-9-4-15(14-18(19)22)20(27)24-21(29)23-16-5-7-17(8-6-16)26-12-10-25(2)11-13-26/h4-9,14H,3,10-13H2,1-2H3,(H2,23,24,27,29). The normalized spacial score (nSPS) is 14.4. The topological polar surface area (TPSA) is 56.8 Å². The lowest BCUT2D eigenvalue weighted by Gasteiger charge is -2.34. The zero-order valence-corrected chi connectivity index (χ0v) is 18.1. The van der Waals surface area contributed by atoms with Gasteiger partial charge in [-0.2, -0.15) is 0 Å². The number of anilines is 2. The first kappa shape index (κ1) is 21.4. The van der Waals surface area contributed by atoms with Gasteiger partial charge in [-0.05, 0) is 68.7 Å². The number of carbonyl (C=O) groups excluding carboxylic acids is 1. The number of piperazine rings is 1. The minimum absolute atomic E-state index is 0.229. The number of thiocarbonyl (C=S) groups is 1. The first-order chi connectivity index (χ1) is 14.0. The van der Waals surface area contributed by atoms with E-state index in [-0.39, 0.29) is 11.0 Å². The lowest BCUT2D eigenvalue weighted by atomic mass is 10.2. The molecule has 0 aliphatic carbocycles. The number of benzene rings is 2. The van der Waals surface area contributed by atoms with E-state index in [0.29, 0.717) is 22.9 Å². The number of carbonyl (C=O) groups is 1. The van der Waals surface area contributed by atoms with Crippen LogP contribution in [0.1, 0.15) is 17.3 Å². The summed E-state index contributed by atoms with van der Waals surface area (Å²) in [5.74, 6) is 0.216. The molecule has 3 rings (SSSR count). The van der Waals surface area contributed by atoms with E-state index in [4.69, 9.17) is 28.6 Å². The molecule has 1 aliphatic rings. The minimum atomic E-state index is -0.332. The fourth-order valence-electron chi connectivity index (χ4n) is 3.07. The molecule has 29 heavy (non-hydrogen) atoms. The minimum Gasteiger partial charge on any atom is -0.492 e. The van der Waals surface area contributed by atoms with E-state index in [0.717, 1.165) is 31.9 Å². The molecule has 6 nitrogen and oxygen atoms in total. The number of ether oxygens (including phenoxy) is 1. The van der Waals surface area contributed by atoms with E-state index in [1.165, 1.54) is 5.69 Å². The predicted octanol–water partition coefficient (Wildman–Crippen LogP) is 3.62.